The van der Waals surface area contributed by atoms with Crippen LogP contribution >= 0.6 is 0 Å². The van der Waals surface area contributed by atoms with Gasteiger partial charge in [0.25, 0.3) is 0 Å². The molecule has 0 amide bonds. The first kappa shape index (κ1) is 16.9. The monoisotopic (exact) mass is 310 g/mol. The Morgan fingerprint density at radius 2 is 1.45 bits per heavy atom. The van der Waals surface area contributed by atoms with Crippen molar-refractivity contribution in [3.63, 3.8) is 0 Å². The minimum atomic E-state index is -0.763. The van der Waals surface area contributed by atoms with Gasteiger partial charge in [-0.2, -0.15) is 0 Å². The first-order chi connectivity index (χ1) is 10.7. The van der Waals surface area contributed by atoms with Crippen LogP contribution in [0.5, 0.6) is 17.2 Å². The Labute approximate surface area is 132 Å². The molecular weight excluding hydrogens is 284 g/mol. The van der Waals surface area contributed by atoms with Crippen LogP contribution in [0.2, 0.25) is 0 Å². The van der Waals surface area contributed by atoms with Crippen LogP contribution in [-0.4, -0.2) is 33.0 Å². The Morgan fingerprint density at radius 1 is 0.864 bits per heavy atom. The van der Waals surface area contributed by atoms with Crippen molar-refractivity contribution in [2.75, 3.05) is 33.0 Å². The van der Waals surface area contributed by atoms with E-state index in [1.165, 1.54) is 0 Å². The summed E-state index contributed by atoms with van der Waals surface area (Å²) in [6.07, 6.45) is 0.701. The molecule has 1 aromatic rings. The zero-order valence-corrected chi connectivity index (χ0v) is 13.9. The molecule has 124 valence electrons. The van der Waals surface area contributed by atoms with Gasteiger partial charge >= 0.3 is 0 Å². The lowest BCUT2D eigenvalue weighted by atomic mass is 10.0. The molecule has 5 nitrogen and oxygen atoms in total. The summed E-state index contributed by atoms with van der Waals surface area (Å²) in [5.41, 5.74) is 0.862. The Hall–Kier alpha value is -1.46. The smallest absolute Gasteiger partial charge is 0.204 e. The quantitative estimate of drug-likeness (QED) is 0.735. The van der Waals surface area contributed by atoms with Crippen molar-refractivity contribution in [3.05, 3.63) is 17.7 Å². The first-order valence-electron chi connectivity index (χ1n) is 8.06. The molecule has 0 aromatic heterocycles. The molecule has 22 heavy (non-hydrogen) atoms. The summed E-state index contributed by atoms with van der Waals surface area (Å²) in [5, 5.41) is 0. The standard InChI is InChI=1S/C17H26O5/c1-5-17(21-11-12-22-17)13-9-10-14(18-6-2)16(20-8-4)15(13)19-7-3/h9-10H,5-8,11-12H2,1-4H3. The normalized spacial score (nSPS) is 16.5. The third-order valence-electron chi connectivity index (χ3n) is 3.58. The van der Waals surface area contributed by atoms with Gasteiger partial charge in [0, 0.05) is 6.42 Å². The van der Waals surface area contributed by atoms with E-state index >= 15 is 0 Å². The topological polar surface area (TPSA) is 46.2 Å². The van der Waals surface area contributed by atoms with Gasteiger partial charge in [0.05, 0.1) is 38.6 Å². The molecule has 0 N–H and O–H groups in total. The minimum absolute atomic E-state index is 0.530. The van der Waals surface area contributed by atoms with E-state index < -0.39 is 5.79 Å². The first-order valence-corrected chi connectivity index (χ1v) is 8.06. The number of ether oxygens (including phenoxy) is 5. The third kappa shape index (κ3) is 3.15. The van der Waals surface area contributed by atoms with Crippen LogP contribution in [0.3, 0.4) is 0 Å². The fourth-order valence-electron chi connectivity index (χ4n) is 2.69. The predicted octanol–water partition coefficient (Wildman–Crippen LogP) is 3.49. The number of rotatable bonds is 8. The Morgan fingerprint density at radius 3 is 2.00 bits per heavy atom. The predicted molar refractivity (Wildman–Crippen MR) is 83.8 cm³/mol. The summed E-state index contributed by atoms with van der Waals surface area (Å²) < 4.78 is 29.2. The zero-order chi connectivity index (χ0) is 16.0. The highest BCUT2D eigenvalue weighted by Gasteiger charge is 2.41. The average Bonchev–Trinajstić information content (AvgIpc) is 3.01. The van der Waals surface area contributed by atoms with Gasteiger partial charge in [-0.3, -0.25) is 0 Å². The summed E-state index contributed by atoms with van der Waals surface area (Å²) in [4.78, 5) is 0. The molecule has 5 heteroatoms. The number of hydrogen-bond acceptors (Lipinski definition) is 5. The van der Waals surface area contributed by atoms with E-state index in [0.717, 1.165) is 5.56 Å². The highest BCUT2D eigenvalue weighted by Crippen LogP contribution is 2.48. The van der Waals surface area contributed by atoms with Gasteiger partial charge in [0.15, 0.2) is 17.3 Å². The second-order valence-electron chi connectivity index (χ2n) is 4.87. The molecule has 0 atom stereocenters. The van der Waals surface area contributed by atoms with Crippen LogP contribution in [0, 0.1) is 0 Å². The number of benzene rings is 1. The highest BCUT2D eigenvalue weighted by atomic mass is 16.7. The van der Waals surface area contributed by atoms with Gasteiger partial charge in [0.2, 0.25) is 5.75 Å². The Kier molecular flexibility index (Phi) is 5.91. The van der Waals surface area contributed by atoms with Crippen LogP contribution in [0.1, 0.15) is 39.7 Å². The Bertz CT molecular complexity index is 480. The molecule has 0 radical (unpaired) electrons. The second-order valence-corrected chi connectivity index (χ2v) is 4.87. The summed E-state index contributed by atoms with van der Waals surface area (Å²) in [6, 6.07) is 3.85. The molecule has 1 saturated heterocycles. The van der Waals surface area contributed by atoms with E-state index in [1.807, 2.05) is 39.8 Å². The molecule has 1 aliphatic rings. The fourth-order valence-corrected chi connectivity index (χ4v) is 2.69. The van der Waals surface area contributed by atoms with Crippen molar-refractivity contribution < 1.29 is 23.7 Å². The highest BCUT2D eigenvalue weighted by molar-refractivity contribution is 5.57. The van der Waals surface area contributed by atoms with Crippen molar-refractivity contribution in [2.45, 2.75) is 39.9 Å². The lowest BCUT2D eigenvalue weighted by Crippen LogP contribution is -2.27. The second kappa shape index (κ2) is 7.70. The van der Waals surface area contributed by atoms with Crippen LogP contribution in [0.25, 0.3) is 0 Å². The maximum Gasteiger partial charge on any atom is 0.204 e. The lowest BCUT2D eigenvalue weighted by molar-refractivity contribution is -0.168. The van der Waals surface area contributed by atoms with E-state index in [9.17, 15) is 0 Å². The molecule has 0 saturated carbocycles. The molecule has 0 unspecified atom stereocenters. The molecule has 0 bridgehead atoms. The molecule has 0 spiro atoms. The SMILES string of the molecule is CCOc1ccc(C2(CC)OCCO2)c(OCC)c1OCC. The van der Waals surface area contributed by atoms with Gasteiger partial charge in [0.1, 0.15) is 0 Å². The maximum atomic E-state index is 5.90. The summed E-state index contributed by atoms with van der Waals surface area (Å²) in [5.74, 6) is 1.19. The van der Waals surface area contributed by atoms with E-state index in [-0.39, 0.29) is 0 Å². The molecule has 1 aromatic carbocycles. The summed E-state index contributed by atoms with van der Waals surface area (Å²) in [6.45, 7) is 10.7. The molecule has 1 aliphatic heterocycles. The van der Waals surface area contributed by atoms with E-state index in [0.29, 0.717) is 56.7 Å². The van der Waals surface area contributed by atoms with Gasteiger partial charge in [-0.1, -0.05) is 6.92 Å². The zero-order valence-electron chi connectivity index (χ0n) is 13.9. The molecular formula is C17H26O5. The molecule has 2 rings (SSSR count). The van der Waals surface area contributed by atoms with E-state index in [1.54, 1.807) is 0 Å². The van der Waals surface area contributed by atoms with Crippen molar-refractivity contribution in [3.8, 4) is 17.2 Å². The van der Waals surface area contributed by atoms with E-state index in [4.69, 9.17) is 23.7 Å². The van der Waals surface area contributed by atoms with Crippen molar-refractivity contribution in [1.82, 2.24) is 0 Å². The van der Waals surface area contributed by atoms with Gasteiger partial charge in [-0.15, -0.1) is 0 Å². The molecule has 1 heterocycles. The lowest BCUT2D eigenvalue weighted by Gasteiger charge is -2.29. The average molecular weight is 310 g/mol. The minimum Gasteiger partial charge on any atom is -0.490 e. The van der Waals surface area contributed by atoms with Gasteiger partial charge in [-0.25, -0.2) is 0 Å². The van der Waals surface area contributed by atoms with Crippen LogP contribution in [0.15, 0.2) is 12.1 Å². The largest absolute Gasteiger partial charge is 0.490 e. The van der Waals surface area contributed by atoms with E-state index in [2.05, 4.69) is 0 Å². The maximum absolute atomic E-state index is 5.90. The molecule has 1 fully saturated rings. The van der Waals surface area contributed by atoms with Crippen LogP contribution in [0.4, 0.5) is 0 Å². The fraction of sp³-hybridized carbons (Fsp3) is 0.647. The van der Waals surface area contributed by atoms with Crippen molar-refractivity contribution in [2.24, 2.45) is 0 Å². The summed E-state index contributed by atoms with van der Waals surface area (Å²) >= 11 is 0. The Balaban J connectivity index is 2.55. The van der Waals surface area contributed by atoms with Gasteiger partial charge < -0.3 is 23.7 Å². The van der Waals surface area contributed by atoms with Crippen molar-refractivity contribution in [1.29, 1.82) is 0 Å². The summed E-state index contributed by atoms with van der Waals surface area (Å²) in [7, 11) is 0. The molecule has 0 aliphatic carbocycles. The van der Waals surface area contributed by atoms with Crippen LogP contribution in [-0.2, 0) is 15.3 Å². The number of hydrogen-bond donors (Lipinski definition) is 0. The third-order valence-corrected chi connectivity index (χ3v) is 3.58. The van der Waals surface area contributed by atoms with Crippen molar-refractivity contribution >= 4 is 0 Å². The van der Waals surface area contributed by atoms with Crippen LogP contribution < -0.4 is 14.2 Å². The van der Waals surface area contributed by atoms with Gasteiger partial charge in [-0.05, 0) is 32.9 Å².